The molecular weight excluding hydrogens is 372 g/mol. The van der Waals surface area contributed by atoms with Gasteiger partial charge in [0.2, 0.25) is 5.91 Å². The van der Waals surface area contributed by atoms with Crippen molar-refractivity contribution in [3.63, 3.8) is 0 Å². The molecule has 2 aliphatic heterocycles. The lowest BCUT2D eigenvalue weighted by atomic mass is 9.84. The highest BCUT2D eigenvalue weighted by Crippen LogP contribution is 2.45. The predicted molar refractivity (Wildman–Crippen MR) is 118 cm³/mol. The first-order valence-electron chi connectivity index (χ1n) is 10.8. The minimum absolute atomic E-state index is 0.0426. The summed E-state index contributed by atoms with van der Waals surface area (Å²) in [6.45, 7) is 1.57. The summed E-state index contributed by atoms with van der Waals surface area (Å²) in [6, 6.07) is 22.0. The molecule has 1 amide bonds. The summed E-state index contributed by atoms with van der Waals surface area (Å²) >= 11 is 0. The van der Waals surface area contributed by atoms with Crippen LogP contribution >= 0.6 is 0 Å². The molecule has 1 spiro atoms. The summed E-state index contributed by atoms with van der Waals surface area (Å²) in [5.74, 6) is 0.301. The molecule has 1 aliphatic carbocycles. The number of rotatable bonds is 2. The largest absolute Gasteiger partial charge is 0.371 e. The Hall–Kier alpha value is -3.14. The lowest BCUT2D eigenvalue weighted by molar-refractivity contribution is -0.123. The van der Waals surface area contributed by atoms with Crippen LogP contribution in [0.25, 0.3) is 10.8 Å². The molecule has 30 heavy (non-hydrogen) atoms. The standard InChI is InChI=1S/C26H24N2O2/c29-23-16-24(30)27-26(23)11-13-28(14-12-26)22-10-2-1-8-19(22)21-15-18-7-3-5-17-6-4-9-20(21)25(17)18/h1-10,21H,11-16H2,(H,27,30). The number of carbonyl (C=O) groups excluding carboxylic acids is 2. The van der Waals surface area contributed by atoms with E-state index in [1.807, 2.05) is 0 Å². The van der Waals surface area contributed by atoms with Gasteiger partial charge in [0, 0.05) is 24.7 Å². The van der Waals surface area contributed by atoms with Gasteiger partial charge in [-0.15, -0.1) is 0 Å². The Morgan fingerprint density at radius 2 is 1.60 bits per heavy atom. The zero-order chi connectivity index (χ0) is 20.3. The van der Waals surface area contributed by atoms with Crippen LogP contribution in [0.2, 0.25) is 0 Å². The number of ketones is 1. The number of carbonyl (C=O) groups is 2. The number of amides is 1. The van der Waals surface area contributed by atoms with Crippen molar-refractivity contribution in [1.82, 2.24) is 5.32 Å². The molecule has 4 heteroatoms. The van der Waals surface area contributed by atoms with E-state index >= 15 is 0 Å². The molecule has 150 valence electrons. The second-order valence-corrected chi connectivity index (χ2v) is 8.90. The molecular formula is C26H24N2O2. The second-order valence-electron chi connectivity index (χ2n) is 8.90. The number of nitrogens with zero attached hydrogens (tertiary/aromatic N) is 1. The Kier molecular flexibility index (Phi) is 3.79. The molecule has 0 bridgehead atoms. The van der Waals surface area contributed by atoms with E-state index in [9.17, 15) is 9.59 Å². The summed E-state index contributed by atoms with van der Waals surface area (Å²) < 4.78 is 0. The van der Waals surface area contributed by atoms with Gasteiger partial charge < -0.3 is 10.2 Å². The van der Waals surface area contributed by atoms with Crippen LogP contribution in [-0.2, 0) is 16.0 Å². The summed E-state index contributed by atoms with van der Waals surface area (Å²) in [7, 11) is 0. The highest BCUT2D eigenvalue weighted by atomic mass is 16.2. The van der Waals surface area contributed by atoms with Gasteiger partial charge in [-0.1, -0.05) is 54.6 Å². The van der Waals surface area contributed by atoms with Gasteiger partial charge in [-0.25, -0.2) is 0 Å². The zero-order valence-corrected chi connectivity index (χ0v) is 16.9. The second kappa shape index (κ2) is 6.43. The van der Waals surface area contributed by atoms with E-state index in [-0.39, 0.29) is 18.1 Å². The fraction of sp³-hybridized carbons (Fsp3) is 0.308. The highest BCUT2D eigenvalue weighted by molar-refractivity contribution is 6.10. The summed E-state index contributed by atoms with van der Waals surface area (Å²) in [5, 5.41) is 5.70. The normalized spacial score (nSPS) is 22.1. The van der Waals surface area contributed by atoms with E-state index in [2.05, 4.69) is 70.9 Å². The van der Waals surface area contributed by atoms with Gasteiger partial charge in [0.1, 0.15) is 5.54 Å². The van der Waals surface area contributed by atoms with E-state index in [4.69, 9.17) is 0 Å². The lowest BCUT2D eigenvalue weighted by Gasteiger charge is -2.40. The van der Waals surface area contributed by atoms with Gasteiger partial charge in [-0.3, -0.25) is 9.59 Å². The van der Waals surface area contributed by atoms with E-state index in [1.165, 1.54) is 33.2 Å². The topological polar surface area (TPSA) is 49.4 Å². The number of Topliss-reactive ketones (excluding diaryl/α,β-unsaturated/α-hetero) is 1. The van der Waals surface area contributed by atoms with Crippen molar-refractivity contribution < 1.29 is 9.59 Å². The molecule has 2 heterocycles. The SMILES string of the molecule is O=C1CC(=O)C2(CCN(c3ccccc3C3Cc4cccc5cccc3c45)CC2)N1. The molecule has 6 rings (SSSR count). The molecule has 2 fully saturated rings. The molecule has 3 aliphatic rings. The van der Waals surface area contributed by atoms with Crippen molar-refractivity contribution in [2.24, 2.45) is 0 Å². The molecule has 1 atom stereocenters. The third-order valence-corrected chi connectivity index (χ3v) is 7.33. The van der Waals surface area contributed by atoms with Crippen molar-refractivity contribution in [2.75, 3.05) is 18.0 Å². The first kappa shape index (κ1) is 17.7. The molecule has 0 aromatic heterocycles. The Bertz CT molecular complexity index is 1190. The summed E-state index contributed by atoms with van der Waals surface area (Å²) in [5.41, 5.74) is 4.84. The first-order valence-corrected chi connectivity index (χ1v) is 10.8. The first-order chi connectivity index (χ1) is 14.6. The molecule has 0 radical (unpaired) electrons. The Morgan fingerprint density at radius 3 is 2.37 bits per heavy atom. The van der Waals surface area contributed by atoms with Crippen molar-refractivity contribution >= 4 is 28.2 Å². The number of nitrogens with one attached hydrogen (secondary N) is 1. The highest BCUT2D eigenvalue weighted by Gasteiger charge is 2.47. The Balaban J connectivity index is 1.34. The number of hydrogen-bond acceptors (Lipinski definition) is 3. The van der Waals surface area contributed by atoms with Crippen LogP contribution in [0.5, 0.6) is 0 Å². The molecule has 0 saturated carbocycles. The minimum Gasteiger partial charge on any atom is -0.371 e. The quantitative estimate of drug-likeness (QED) is 0.667. The maximum Gasteiger partial charge on any atom is 0.228 e. The number of benzene rings is 3. The number of hydrogen-bond donors (Lipinski definition) is 1. The molecule has 2 saturated heterocycles. The van der Waals surface area contributed by atoms with E-state index in [0.717, 1.165) is 19.5 Å². The zero-order valence-electron chi connectivity index (χ0n) is 16.9. The van der Waals surface area contributed by atoms with Gasteiger partial charge in [-0.05, 0) is 52.8 Å². The summed E-state index contributed by atoms with van der Waals surface area (Å²) in [4.78, 5) is 26.6. The third-order valence-electron chi connectivity index (χ3n) is 7.33. The van der Waals surface area contributed by atoms with Crippen LogP contribution < -0.4 is 10.2 Å². The Morgan fingerprint density at radius 1 is 0.867 bits per heavy atom. The monoisotopic (exact) mass is 396 g/mol. The maximum absolute atomic E-state index is 12.4. The van der Waals surface area contributed by atoms with Crippen molar-refractivity contribution in [2.45, 2.75) is 37.1 Å². The summed E-state index contributed by atoms with van der Waals surface area (Å²) in [6.07, 6.45) is 2.44. The predicted octanol–water partition coefficient (Wildman–Crippen LogP) is 3.96. The van der Waals surface area contributed by atoms with Gasteiger partial charge >= 0.3 is 0 Å². The van der Waals surface area contributed by atoms with Crippen molar-refractivity contribution in [3.8, 4) is 0 Å². The van der Waals surface area contributed by atoms with E-state index in [1.54, 1.807) is 0 Å². The average Bonchev–Trinajstić information content (AvgIpc) is 3.27. The van der Waals surface area contributed by atoms with Gasteiger partial charge in [0.15, 0.2) is 5.78 Å². The van der Waals surface area contributed by atoms with Crippen LogP contribution in [0, 0.1) is 0 Å². The third kappa shape index (κ3) is 2.53. The van der Waals surface area contributed by atoms with Gasteiger partial charge in [0.25, 0.3) is 0 Å². The van der Waals surface area contributed by atoms with E-state index in [0.29, 0.717) is 18.8 Å². The molecule has 4 nitrogen and oxygen atoms in total. The average molecular weight is 396 g/mol. The molecule has 1 N–H and O–H groups in total. The van der Waals surface area contributed by atoms with Crippen LogP contribution in [0.15, 0.2) is 60.7 Å². The number of para-hydroxylation sites is 1. The van der Waals surface area contributed by atoms with Crippen LogP contribution in [0.1, 0.15) is 41.9 Å². The fourth-order valence-electron chi connectivity index (χ4n) is 5.82. The van der Waals surface area contributed by atoms with Crippen molar-refractivity contribution in [3.05, 3.63) is 77.4 Å². The minimum atomic E-state index is -0.627. The Labute approximate surface area is 175 Å². The smallest absolute Gasteiger partial charge is 0.228 e. The van der Waals surface area contributed by atoms with Gasteiger partial charge in [-0.2, -0.15) is 0 Å². The molecule has 1 unspecified atom stereocenters. The number of anilines is 1. The lowest BCUT2D eigenvalue weighted by Crippen LogP contribution is -2.54. The van der Waals surface area contributed by atoms with Crippen molar-refractivity contribution in [1.29, 1.82) is 0 Å². The molecule has 3 aromatic carbocycles. The molecule has 3 aromatic rings. The van der Waals surface area contributed by atoms with Gasteiger partial charge in [0.05, 0.1) is 6.42 Å². The number of piperidine rings is 1. The fourth-order valence-corrected chi connectivity index (χ4v) is 5.82. The van der Waals surface area contributed by atoms with Crippen LogP contribution in [-0.4, -0.2) is 30.3 Å². The van der Waals surface area contributed by atoms with Crippen LogP contribution in [0.4, 0.5) is 5.69 Å². The van der Waals surface area contributed by atoms with E-state index < -0.39 is 5.54 Å². The van der Waals surface area contributed by atoms with Crippen LogP contribution in [0.3, 0.4) is 0 Å². The maximum atomic E-state index is 12.4.